The number of ether oxygens (including phenoxy) is 1. The zero-order valence-electron chi connectivity index (χ0n) is 12.3. The Morgan fingerprint density at radius 2 is 1.42 bits per heavy atom. The number of amides is 2. The zero-order chi connectivity index (χ0) is 14.3. The predicted octanol–water partition coefficient (Wildman–Crippen LogP) is 1.62. The molecule has 0 atom stereocenters. The maximum Gasteiger partial charge on any atom is 0.220 e. The molecular weight excluding hydrogens is 244 g/mol. The zero-order valence-corrected chi connectivity index (χ0v) is 12.3. The van der Waals surface area contributed by atoms with Crippen molar-refractivity contribution in [3.8, 4) is 0 Å². The number of rotatable bonds is 12. The summed E-state index contributed by atoms with van der Waals surface area (Å²) in [5, 5.41) is 5.58. The van der Waals surface area contributed by atoms with Crippen LogP contribution in [0.2, 0.25) is 0 Å². The molecule has 0 heterocycles. The highest BCUT2D eigenvalue weighted by molar-refractivity contribution is 5.76. The second-order valence-electron chi connectivity index (χ2n) is 4.52. The van der Waals surface area contributed by atoms with E-state index in [2.05, 4.69) is 17.6 Å². The summed E-state index contributed by atoms with van der Waals surface area (Å²) in [5.74, 6) is 0.156. The molecule has 0 aromatic carbocycles. The van der Waals surface area contributed by atoms with E-state index >= 15 is 0 Å². The summed E-state index contributed by atoms with van der Waals surface area (Å²) in [6, 6.07) is 0. The van der Waals surface area contributed by atoms with Crippen LogP contribution in [-0.4, -0.2) is 38.1 Å². The molecule has 0 aliphatic carbocycles. The van der Waals surface area contributed by atoms with Crippen molar-refractivity contribution >= 4 is 11.8 Å². The van der Waals surface area contributed by atoms with E-state index in [1.54, 1.807) is 0 Å². The smallest absolute Gasteiger partial charge is 0.220 e. The van der Waals surface area contributed by atoms with Crippen molar-refractivity contribution in [2.45, 2.75) is 52.4 Å². The van der Waals surface area contributed by atoms with E-state index < -0.39 is 0 Å². The molecule has 2 N–H and O–H groups in total. The van der Waals surface area contributed by atoms with Crippen LogP contribution in [0.3, 0.4) is 0 Å². The minimum Gasteiger partial charge on any atom is -0.378 e. The van der Waals surface area contributed by atoms with Gasteiger partial charge in [-0.15, -0.1) is 0 Å². The average Bonchev–Trinajstić information content (AvgIpc) is 2.38. The van der Waals surface area contributed by atoms with Gasteiger partial charge in [0.1, 0.15) is 0 Å². The highest BCUT2D eigenvalue weighted by atomic mass is 16.5. The lowest BCUT2D eigenvalue weighted by atomic mass is 10.2. The monoisotopic (exact) mass is 272 g/mol. The lowest BCUT2D eigenvalue weighted by molar-refractivity contribution is -0.121. The van der Waals surface area contributed by atoms with Crippen LogP contribution >= 0.6 is 0 Å². The average molecular weight is 272 g/mol. The third kappa shape index (κ3) is 13.1. The molecule has 0 aromatic heterocycles. The van der Waals surface area contributed by atoms with Gasteiger partial charge in [-0.3, -0.25) is 9.59 Å². The lowest BCUT2D eigenvalue weighted by Gasteiger charge is -2.07. The number of hydrogen-bond acceptors (Lipinski definition) is 3. The fourth-order valence-electron chi connectivity index (χ4n) is 1.57. The van der Waals surface area contributed by atoms with E-state index in [9.17, 15) is 9.59 Å². The summed E-state index contributed by atoms with van der Waals surface area (Å²) in [6.07, 6.45) is 5.19. The van der Waals surface area contributed by atoms with E-state index in [0.29, 0.717) is 39.1 Å². The quantitative estimate of drug-likeness (QED) is 0.530. The summed E-state index contributed by atoms with van der Waals surface area (Å²) in [6.45, 7) is 6.13. The molecule has 0 fully saturated rings. The molecule has 0 aliphatic rings. The van der Waals surface area contributed by atoms with Gasteiger partial charge in [0.05, 0.1) is 13.2 Å². The fraction of sp³-hybridized carbons (Fsp3) is 0.857. The Hall–Kier alpha value is -1.10. The molecule has 0 radical (unpaired) electrons. The SMILES string of the molecule is CCCCCC(=O)NCCOCCNC(=O)CCC. The summed E-state index contributed by atoms with van der Waals surface area (Å²) in [4.78, 5) is 22.5. The minimum atomic E-state index is 0.0651. The Labute approximate surface area is 116 Å². The van der Waals surface area contributed by atoms with Gasteiger partial charge in [0.15, 0.2) is 0 Å². The third-order valence-corrected chi connectivity index (χ3v) is 2.62. The van der Waals surface area contributed by atoms with Gasteiger partial charge >= 0.3 is 0 Å². The number of hydrogen-bond donors (Lipinski definition) is 2. The maximum atomic E-state index is 11.3. The van der Waals surface area contributed by atoms with Gasteiger partial charge in [-0.05, 0) is 12.8 Å². The summed E-state index contributed by atoms with van der Waals surface area (Å²) in [7, 11) is 0. The molecule has 0 aliphatic heterocycles. The first-order valence-electron chi connectivity index (χ1n) is 7.31. The van der Waals surface area contributed by atoms with Crippen LogP contribution in [0.5, 0.6) is 0 Å². The second kappa shape index (κ2) is 13.3. The molecule has 5 nitrogen and oxygen atoms in total. The van der Waals surface area contributed by atoms with Crippen LogP contribution in [-0.2, 0) is 14.3 Å². The molecule has 112 valence electrons. The second-order valence-corrected chi connectivity index (χ2v) is 4.52. The molecule has 0 bridgehead atoms. The van der Waals surface area contributed by atoms with Crippen molar-refractivity contribution in [3.05, 3.63) is 0 Å². The van der Waals surface area contributed by atoms with Crippen LogP contribution in [0.25, 0.3) is 0 Å². The molecule has 0 unspecified atom stereocenters. The number of carbonyl (C=O) groups excluding carboxylic acids is 2. The third-order valence-electron chi connectivity index (χ3n) is 2.62. The van der Waals surface area contributed by atoms with Gasteiger partial charge in [-0.2, -0.15) is 0 Å². The lowest BCUT2D eigenvalue weighted by Crippen LogP contribution is -2.29. The van der Waals surface area contributed by atoms with Crippen molar-refractivity contribution in [1.29, 1.82) is 0 Å². The Bertz CT molecular complexity index is 245. The first-order valence-corrected chi connectivity index (χ1v) is 7.31. The normalized spacial score (nSPS) is 10.2. The standard InChI is InChI=1S/C14H28N2O3/c1-3-5-6-8-14(18)16-10-12-19-11-9-15-13(17)7-4-2/h3-12H2,1-2H3,(H,15,17)(H,16,18). The van der Waals surface area contributed by atoms with Crippen LogP contribution < -0.4 is 10.6 Å². The van der Waals surface area contributed by atoms with Crippen molar-refractivity contribution < 1.29 is 14.3 Å². The van der Waals surface area contributed by atoms with E-state index in [1.165, 1.54) is 0 Å². The highest BCUT2D eigenvalue weighted by Crippen LogP contribution is 1.97. The first kappa shape index (κ1) is 17.9. The largest absolute Gasteiger partial charge is 0.378 e. The summed E-state index contributed by atoms with van der Waals surface area (Å²) >= 11 is 0. The number of nitrogens with one attached hydrogen (secondary N) is 2. The van der Waals surface area contributed by atoms with E-state index in [4.69, 9.17) is 4.74 Å². The molecule has 2 amide bonds. The van der Waals surface area contributed by atoms with Crippen LogP contribution in [0.4, 0.5) is 0 Å². The molecule has 0 aromatic rings. The van der Waals surface area contributed by atoms with Crippen LogP contribution in [0.1, 0.15) is 52.4 Å². The molecule has 0 spiro atoms. The Balaban J connectivity index is 3.22. The van der Waals surface area contributed by atoms with Gasteiger partial charge in [0.2, 0.25) is 11.8 Å². The summed E-state index contributed by atoms with van der Waals surface area (Å²) < 4.78 is 5.31. The molecule has 0 rings (SSSR count). The van der Waals surface area contributed by atoms with Gasteiger partial charge < -0.3 is 15.4 Å². The molecule has 0 saturated heterocycles. The van der Waals surface area contributed by atoms with E-state index in [1.807, 2.05) is 6.92 Å². The van der Waals surface area contributed by atoms with E-state index in [0.717, 1.165) is 25.7 Å². The molecule has 19 heavy (non-hydrogen) atoms. The topological polar surface area (TPSA) is 67.4 Å². The molecular formula is C14H28N2O3. The van der Waals surface area contributed by atoms with Crippen molar-refractivity contribution in [3.63, 3.8) is 0 Å². The number of carbonyl (C=O) groups is 2. The Kier molecular flexibility index (Phi) is 12.6. The van der Waals surface area contributed by atoms with Crippen molar-refractivity contribution in [1.82, 2.24) is 10.6 Å². The van der Waals surface area contributed by atoms with Gasteiger partial charge in [-0.25, -0.2) is 0 Å². The predicted molar refractivity (Wildman–Crippen MR) is 75.9 cm³/mol. The van der Waals surface area contributed by atoms with E-state index in [-0.39, 0.29) is 11.8 Å². The van der Waals surface area contributed by atoms with Crippen molar-refractivity contribution in [2.24, 2.45) is 0 Å². The van der Waals surface area contributed by atoms with Crippen LogP contribution in [0, 0.1) is 0 Å². The van der Waals surface area contributed by atoms with Crippen LogP contribution in [0.15, 0.2) is 0 Å². The molecule has 5 heteroatoms. The van der Waals surface area contributed by atoms with Crippen molar-refractivity contribution in [2.75, 3.05) is 26.3 Å². The summed E-state index contributed by atoms with van der Waals surface area (Å²) in [5.41, 5.74) is 0. The minimum absolute atomic E-state index is 0.0651. The first-order chi connectivity index (χ1) is 9.20. The fourth-order valence-corrected chi connectivity index (χ4v) is 1.57. The molecule has 0 saturated carbocycles. The van der Waals surface area contributed by atoms with Gasteiger partial charge in [0, 0.05) is 25.9 Å². The van der Waals surface area contributed by atoms with Gasteiger partial charge in [-0.1, -0.05) is 26.7 Å². The van der Waals surface area contributed by atoms with Gasteiger partial charge in [0.25, 0.3) is 0 Å². The number of unbranched alkanes of at least 4 members (excludes halogenated alkanes) is 2. The highest BCUT2D eigenvalue weighted by Gasteiger charge is 2.00. The Morgan fingerprint density at radius 3 is 1.95 bits per heavy atom. The Morgan fingerprint density at radius 1 is 0.842 bits per heavy atom. The maximum absolute atomic E-state index is 11.3.